The van der Waals surface area contributed by atoms with Crippen LogP contribution in [0, 0.1) is 0 Å². The van der Waals surface area contributed by atoms with Crippen molar-refractivity contribution in [3.05, 3.63) is 60.6 Å². The molecule has 130 valence electrons. The number of hydrogen-bond donors (Lipinski definition) is 2. The number of aromatic hydroxyl groups is 1. The Morgan fingerprint density at radius 2 is 1.80 bits per heavy atom. The van der Waals surface area contributed by atoms with E-state index < -0.39 is 11.9 Å². The van der Waals surface area contributed by atoms with Gasteiger partial charge in [0, 0.05) is 35.8 Å². The third-order valence-electron chi connectivity index (χ3n) is 3.05. The van der Waals surface area contributed by atoms with Gasteiger partial charge >= 0.3 is 6.18 Å². The molecule has 0 amide bonds. The summed E-state index contributed by atoms with van der Waals surface area (Å²) in [5.41, 5.74) is -0.305. The van der Waals surface area contributed by atoms with Crippen molar-refractivity contribution in [3.63, 3.8) is 0 Å². The van der Waals surface area contributed by atoms with Gasteiger partial charge in [0.1, 0.15) is 11.6 Å². The first kappa shape index (κ1) is 18.5. The van der Waals surface area contributed by atoms with E-state index in [1.54, 1.807) is 24.3 Å². The van der Waals surface area contributed by atoms with Crippen LogP contribution in [0.1, 0.15) is 5.69 Å². The summed E-state index contributed by atoms with van der Waals surface area (Å²) in [6, 6.07) is 9.95. The van der Waals surface area contributed by atoms with E-state index in [4.69, 9.17) is 0 Å². The van der Waals surface area contributed by atoms with Crippen LogP contribution >= 0.6 is 12.4 Å². The first-order chi connectivity index (χ1) is 11.4. The van der Waals surface area contributed by atoms with Crippen LogP contribution in [0.3, 0.4) is 0 Å². The van der Waals surface area contributed by atoms with Crippen molar-refractivity contribution in [2.75, 3.05) is 5.32 Å². The maximum absolute atomic E-state index is 13.1. The van der Waals surface area contributed by atoms with Crippen molar-refractivity contribution in [2.24, 2.45) is 0 Å². The number of alkyl halides is 3. The molecule has 5 nitrogen and oxygen atoms in total. The number of phenolic OH excluding ortho intramolecular Hbond substituents is 1. The Morgan fingerprint density at radius 1 is 1.00 bits per heavy atom. The van der Waals surface area contributed by atoms with Gasteiger partial charge in [-0.2, -0.15) is 13.2 Å². The first-order valence-electron chi connectivity index (χ1n) is 6.84. The molecule has 0 spiro atoms. The predicted molar refractivity (Wildman–Crippen MR) is 88.9 cm³/mol. The largest absolute Gasteiger partial charge is 0.508 e. The zero-order valence-corrected chi connectivity index (χ0v) is 13.3. The van der Waals surface area contributed by atoms with Gasteiger partial charge in [-0.1, -0.05) is 6.07 Å². The Morgan fingerprint density at radius 3 is 2.44 bits per heavy atom. The van der Waals surface area contributed by atoms with E-state index in [0.717, 1.165) is 6.07 Å². The molecule has 1 aromatic carbocycles. The molecule has 0 bridgehead atoms. The Balaban J connectivity index is 0.00000225. The summed E-state index contributed by atoms with van der Waals surface area (Å²) >= 11 is 0. The van der Waals surface area contributed by atoms with Crippen molar-refractivity contribution in [1.29, 1.82) is 0 Å². The lowest BCUT2D eigenvalue weighted by molar-refractivity contribution is -0.141. The Labute approximate surface area is 147 Å². The molecule has 2 N–H and O–H groups in total. The molecule has 0 unspecified atom stereocenters. The topological polar surface area (TPSA) is 70.9 Å². The molecule has 0 aliphatic rings. The minimum absolute atomic E-state index is 0. The fraction of sp³-hybridized carbons (Fsp3) is 0.0625. The molecule has 0 aliphatic carbocycles. The molecule has 0 radical (unpaired) electrons. The van der Waals surface area contributed by atoms with Gasteiger partial charge in [0.25, 0.3) is 0 Å². The lowest BCUT2D eigenvalue weighted by atomic mass is 10.2. The summed E-state index contributed by atoms with van der Waals surface area (Å²) in [5.74, 6) is -0.153. The van der Waals surface area contributed by atoms with E-state index >= 15 is 0 Å². The first-order valence-corrected chi connectivity index (χ1v) is 6.84. The summed E-state index contributed by atoms with van der Waals surface area (Å²) < 4.78 is 39.3. The molecule has 0 saturated heterocycles. The van der Waals surface area contributed by atoms with Crippen molar-refractivity contribution in [2.45, 2.75) is 6.18 Å². The second-order valence-corrected chi connectivity index (χ2v) is 4.88. The van der Waals surface area contributed by atoms with Crippen molar-refractivity contribution in [3.8, 4) is 17.1 Å². The van der Waals surface area contributed by atoms with Crippen LogP contribution in [-0.2, 0) is 6.18 Å². The van der Waals surface area contributed by atoms with E-state index in [1.807, 2.05) is 0 Å². The summed E-state index contributed by atoms with van der Waals surface area (Å²) in [7, 11) is 0. The monoisotopic (exact) mass is 368 g/mol. The van der Waals surface area contributed by atoms with E-state index in [1.165, 1.54) is 24.5 Å². The highest BCUT2D eigenvalue weighted by Gasteiger charge is 2.33. The number of nitrogens with one attached hydrogen (secondary N) is 1. The van der Waals surface area contributed by atoms with Gasteiger partial charge in [0.2, 0.25) is 0 Å². The summed E-state index contributed by atoms with van der Waals surface area (Å²) in [4.78, 5) is 11.5. The van der Waals surface area contributed by atoms with Gasteiger partial charge < -0.3 is 10.4 Å². The second kappa shape index (κ2) is 7.35. The summed E-state index contributed by atoms with van der Waals surface area (Å²) in [6.45, 7) is 0. The number of nitrogens with zero attached hydrogens (tertiary/aromatic N) is 3. The number of rotatable bonds is 3. The maximum Gasteiger partial charge on any atom is 0.433 e. The Kier molecular flexibility index (Phi) is 5.43. The smallest absolute Gasteiger partial charge is 0.433 e. The highest BCUT2D eigenvalue weighted by molar-refractivity contribution is 5.85. The molecule has 0 atom stereocenters. The molecule has 3 rings (SSSR count). The Bertz CT molecular complexity index is 859. The third-order valence-corrected chi connectivity index (χ3v) is 3.05. The quantitative estimate of drug-likeness (QED) is 0.715. The molecular formula is C16H12ClF3N4O. The van der Waals surface area contributed by atoms with Crippen LogP contribution in [0.4, 0.5) is 24.7 Å². The van der Waals surface area contributed by atoms with Gasteiger partial charge in [0.05, 0.1) is 0 Å². The van der Waals surface area contributed by atoms with Gasteiger partial charge in [-0.05, 0) is 24.3 Å². The third kappa shape index (κ3) is 4.57. The normalized spacial score (nSPS) is 10.8. The molecule has 9 heteroatoms. The van der Waals surface area contributed by atoms with Gasteiger partial charge in [-0.25, -0.2) is 9.97 Å². The number of benzene rings is 1. The Hall–Kier alpha value is -2.87. The maximum atomic E-state index is 13.1. The average Bonchev–Trinajstić information content (AvgIpc) is 2.54. The lowest BCUT2D eigenvalue weighted by Gasteiger charge is -2.12. The number of anilines is 2. The van der Waals surface area contributed by atoms with E-state index in [0.29, 0.717) is 11.3 Å². The van der Waals surface area contributed by atoms with E-state index in [9.17, 15) is 18.3 Å². The van der Waals surface area contributed by atoms with Crippen LogP contribution in [0.25, 0.3) is 11.4 Å². The second-order valence-electron chi connectivity index (χ2n) is 4.88. The molecule has 0 aliphatic heterocycles. The van der Waals surface area contributed by atoms with Crippen molar-refractivity contribution in [1.82, 2.24) is 15.0 Å². The lowest BCUT2D eigenvalue weighted by Crippen LogP contribution is -2.11. The van der Waals surface area contributed by atoms with Crippen molar-refractivity contribution >= 4 is 23.9 Å². The zero-order valence-electron chi connectivity index (χ0n) is 12.5. The number of halogens is 4. The fourth-order valence-electron chi connectivity index (χ4n) is 2.01. The van der Waals surface area contributed by atoms with E-state index in [-0.39, 0.29) is 29.8 Å². The standard InChI is InChI=1S/C16H11F3N4O.ClH/c17-16(18,19)13-8-14(21-11-4-1-5-12(24)7-11)23-15(22-13)10-3-2-6-20-9-10;/h1-9,24H,(H,21,22,23);1H. The summed E-state index contributed by atoms with van der Waals surface area (Å²) in [5, 5.41) is 12.2. The molecule has 0 fully saturated rings. The van der Waals surface area contributed by atoms with Crippen LogP contribution < -0.4 is 5.32 Å². The van der Waals surface area contributed by atoms with Gasteiger partial charge in [0.15, 0.2) is 11.5 Å². The number of phenols is 1. The highest BCUT2D eigenvalue weighted by Crippen LogP contribution is 2.31. The number of aromatic nitrogens is 3. The average molecular weight is 369 g/mol. The molecule has 2 aromatic heterocycles. The van der Waals surface area contributed by atoms with Crippen LogP contribution in [0.5, 0.6) is 5.75 Å². The molecule has 3 aromatic rings. The minimum Gasteiger partial charge on any atom is -0.508 e. The fourth-order valence-corrected chi connectivity index (χ4v) is 2.01. The summed E-state index contributed by atoms with van der Waals surface area (Å²) in [6.07, 6.45) is -1.73. The molecule has 0 saturated carbocycles. The predicted octanol–water partition coefficient (Wildman–Crippen LogP) is 4.43. The van der Waals surface area contributed by atoms with Crippen LogP contribution in [0.15, 0.2) is 54.9 Å². The zero-order chi connectivity index (χ0) is 17.2. The molecular weight excluding hydrogens is 357 g/mol. The number of hydrogen-bond acceptors (Lipinski definition) is 5. The van der Waals surface area contributed by atoms with Crippen molar-refractivity contribution < 1.29 is 18.3 Å². The van der Waals surface area contributed by atoms with E-state index in [2.05, 4.69) is 20.3 Å². The number of pyridine rings is 1. The van der Waals surface area contributed by atoms with Gasteiger partial charge in [-0.3, -0.25) is 4.98 Å². The minimum atomic E-state index is -4.62. The van der Waals surface area contributed by atoms with Crippen LogP contribution in [0.2, 0.25) is 0 Å². The van der Waals surface area contributed by atoms with Crippen LogP contribution in [-0.4, -0.2) is 20.1 Å². The SMILES string of the molecule is Cl.Oc1cccc(Nc2cc(C(F)(F)F)nc(-c3cccnc3)n2)c1. The highest BCUT2D eigenvalue weighted by atomic mass is 35.5. The molecule has 25 heavy (non-hydrogen) atoms. The molecule has 2 heterocycles. The van der Waals surface area contributed by atoms with Gasteiger partial charge in [-0.15, -0.1) is 12.4 Å².